The van der Waals surface area contributed by atoms with Gasteiger partial charge in [0, 0.05) is 33.8 Å². The number of nitrogens with zero attached hydrogens (tertiary/aromatic N) is 2. The molecule has 9 heteroatoms. The zero-order valence-corrected chi connectivity index (χ0v) is 24.0. The highest BCUT2D eigenvalue weighted by Gasteiger charge is 2.36. The number of esters is 1. The summed E-state index contributed by atoms with van der Waals surface area (Å²) in [6.07, 6.45) is -0.968. The van der Waals surface area contributed by atoms with Gasteiger partial charge >= 0.3 is 5.97 Å². The number of benzene rings is 4. The topological polar surface area (TPSA) is 93.6 Å². The van der Waals surface area contributed by atoms with Gasteiger partial charge in [-0.2, -0.15) is 0 Å². The van der Waals surface area contributed by atoms with E-state index in [9.17, 15) is 19.2 Å². The van der Waals surface area contributed by atoms with Crippen molar-refractivity contribution in [2.75, 3.05) is 10.8 Å². The molecule has 0 fully saturated rings. The third-order valence-electron chi connectivity index (χ3n) is 7.19. The highest BCUT2D eigenvalue weighted by Crippen LogP contribution is 2.31. The van der Waals surface area contributed by atoms with E-state index in [0.717, 1.165) is 4.90 Å². The maximum Gasteiger partial charge on any atom is 0.339 e. The second-order valence-corrected chi connectivity index (χ2v) is 10.7. The van der Waals surface area contributed by atoms with Crippen LogP contribution in [0.25, 0.3) is 22.2 Å². The van der Waals surface area contributed by atoms with E-state index in [1.54, 1.807) is 103 Å². The molecule has 1 atom stereocenters. The van der Waals surface area contributed by atoms with E-state index in [-0.39, 0.29) is 35.5 Å². The van der Waals surface area contributed by atoms with Gasteiger partial charge in [-0.25, -0.2) is 14.7 Å². The monoisotopic (exact) mass is 608 g/mol. The number of amides is 2. The molecule has 0 aliphatic carbocycles. The SMILES string of the molecule is O=C(OC(CCCl)C(=O)c1ccc(Cl)cc1)c1cc(-c2ccc(N3C(=O)c4ccccc4C3=O)cc2)nc2ccccc12. The van der Waals surface area contributed by atoms with E-state index >= 15 is 0 Å². The zero-order chi connectivity index (χ0) is 30.1. The van der Waals surface area contributed by atoms with Crippen molar-refractivity contribution in [2.45, 2.75) is 12.5 Å². The number of imide groups is 1. The Morgan fingerprint density at radius 3 is 2.09 bits per heavy atom. The standard InChI is InChI=1S/C34H22Cl2N2O5/c35-18-17-30(31(39)21-9-13-22(36)14-10-21)43-34(42)27-19-29(37-28-8-4-3-5-24(27)28)20-11-15-23(16-12-20)38-32(40)25-6-1-2-7-26(25)33(38)41/h1-16,19,30H,17-18H2. The van der Waals surface area contributed by atoms with Crippen molar-refractivity contribution in [3.63, 3.8) is 0 Å². The number of pyridine rings is 1. The minimum atomic E-state index is -1.10. The van der Waals surface area contributed by atoms with Gasteiger partial charge in [0.2, 0.25) is 5.78 Å². The van der Waals surface area contributed by atoms with Crippen molar-refractivity contribution in [3.05, 3.63) is 130 Å². The predicted molar refractivity (Wildman–Crippen MR) is 165 cm³/mol. The van der Waals surface area contributed by atoms with Crippen LogP contribution < -0.4 is 4.90 Å². The third-order valence-corrected chi connectivity index (χ3v) is 7.66. The Morgan fingerprint density at radius 2 is 1.44 bits per heavy atom. The third kappa shape index (κ3) is 5.41. The van der Waals surface area contributed by atoms with Crippen LogP contribution in [0.2, 0.25) is 5.02 Å². The van der Waals surface area contributed by atoms with Crippen molar-refractivity contribution < 1.29 is 23.9 Å². The molecule has 4 aromatic carbocycles. The number of anilines is 1. The zero-order valence-electron chi connectivity index (χ0n) is 22.5. The van der Waals surface area contributed by atoms with Crippen molar-refractivity contribution in [1.29, 1.82) is 0 Å². The van der Waals surface area contributed by atoms with Gasteiger partial charge in [0.1, 0.15) is 0 Å². The van der Waals surface area contributed by atoms with Crippen molar-refractivity contribution in [3.8, 4) is 11.3 Å². The maximum absolute atomic E-state index is 13.6. The van der Waals surface area contributed by atoms with Crippen LogP contribution in [0.15, 0.2) is 103 Å². The summed E-state index contributed by atoms with van der Waals surface area (Å²) in [6, 6.07) is 28.5. The van der Waals surface area contributed by atoms with E-state index in [1.807, 2.05) is 0 Å². The molecule has 0 spiro atoms. The molecule has 1 aliphatic heterocycles. The summed E-state index contributed by atoms with van der Waals surface area (Å²) >= 11 is 11.9. The summed E-state index contributed by atoms with van der Waals surface area (Å²) in [5.41, 5.74) is 3.39. The van der Waals surface area contributed by atoms with Gasteiger partial charge in [-0.3, -0.25) is 14.4 Å². The molecule has 0 bridgehead atoms. The number of hydrogen-bond acceptors (Lipinski definition) is 6. The molecule has 6 rings (SSSR count). The van der Waals surface area contributed by atoms with Crippen LogP contribution in [0.5, 0.6) is 0 Å². The van der Waals surface area contributed by atoms with Crippen LogP contribution in [0, 0.1) is 0 Å². The number of alkyl halides is 1. The number of para-hydroxylation sites is 1. The molecule has 0 radical (unpaired) electrons. The number of ether oxygens (including phenoxy) is 1. The molecule has 43 heavy (non-hydrogen) atoms. The first-order chi connectivity index (χ1) is 20.9. The number of rotatable bonds is 8. The lowest BCUT2D eigenvalue weighted by Crippen LogP contribution is -2.29. The molecule has 0 saturated heterocycles. The largest absolute Gasteiger partial charge is 0.450 e. The minimum absolute atomic E-state index is 0.110. The van der Waals surface area contributed by atoms with E-state index in [1.165, 1.54) is 0 Å². The summed E-state index contributed by atoms with van der Waals surface area (Å²) in [7, 11) is 0. The highest BCUT2D eigenvalue weighted by molar-refractivity contribution is 6.34. The Morgan fingerprint density at radius 1 is 0.814 bits per heavy atom. The first kappa shape index (κ1) is 28.3. The van der Waals surface area contributed by atoms with Crippen LogP contribution >= 0.6 is 23.2 Å². The molecule has 0 N–H and O–H groups in total. The summed E-state index contributed by atoms with van der Waals surface area (Å²) in [5.74, 6) is -1.74. The second kappa shape index (κ2) is 11.8. The Kier molecular flexibility index (Phi) is 7.76. The number of aromatic nitrogens is 1. The first-order valence-corrected chi connectivity index (χ1v) is 14.3. The lowest BCUT2D eigenvalue weighted by molar-refractivity contribution is 0.0280. The minimum Gasteiger partial charge on any atom is -0.450 e. The van der Waals surface area contributed by atoms with Crippen LogP contribution in [0.3, 0.4) is 0 Å². The number of fused-ring (bicyclic) bond motifs is 2. The van der Waals surface area contributed by atoms with Crippen molar-refractivity contribution >= 4 is 63.4 Å². The van der Waals surface area contributed by atoms with Crippen LogP contribution in [0.1, 0.15) is 47.9 Å². The van der Waals surface area contributed by atoms with Gasteiger partial charge in [0.25, 0.3) is 11.8 Å². The van der Waals surface area contributed by atoms with E-state index in [2.05, 4.69) is 0 Å². The summed E-state index contributed by atoms with van der Waals surface area (Å²) in [5, 5.41) is 1.04. The molecule has 2 heterocycles. The molecule has 1 aromatic heterocycles. The number of carbonyl (C=O) groups is 4. The van der Waals surface area contributed by atoms with Gasteiger partial charge in [-0.15, -0.1) is 11.6 Å². The summed E-state index contributed by atoms with van der Waals surface area (Å²) in [6.45, 7) is 0. The smallest absolute Gasteiger partial charge is 0.339 e. The van der Waals surface area contributed by atoms with Gasteiger partial charge < -0.3 is 4.74 Å². The van der Waals surface area contributed by atoms with Crippen molar-refractivity contribution in [2.24, 2.45) is 0 Å². The summed E-state index contributed by atoms with van der Waals surface area (Å²) in [4.78, 5) is 58.5. The predicted octanol–water partition coefficient (Wildman–Crippen LogP) is 7.39. The van der Waals surface area contributed by atoms with Gasteiger partial charge in [-0.05, 0) is 60.7 Å². The molecule has 2 amide bonds. The Labute approximate surface area is 256 Å². The molecule has 5 aromatic rings. The number of halogens is 2. The molecule has 0 saturated carbocycles. The fourth-order valence-corrected chi connectivity index (χ4v) is 5.36. The quantitative estimate of drug-likeness (QED) is 0.0788. The van der Waals surface area contributed by atoms with Crippen molar-refractivity contribution in [1.82, 2.24) is 4.98 Å². The Balaban J connectivity index is 1.31. The number of Topliss-reactive ketones (excluding diaryl/α,β-unsaturated/α-hetero) is 1. The lowest BCUT2D eigenvalue weighted by atomic mass is 10.0. The molecule has 1 aliphatic rings. The Hall–Kier alpha value is -4.85. The Bertz CT molecular complexity index is 1870. The average Bonchev–Trinajstić information content (AvgIpc) is 3.29. The molecule has 7 nitrogen and oxygen atoms in total. The molecule has 1 unspecified atom stereocenters. The normalized spacial score (nSPS) is 13.2. The van der Waals surface area contributed by atoms with Crippen LogP contribution in [-0.2, 0) is 4.74 Å². The van der Waals surface area contributed by atoms with E-state index < -0.39 is 12.1 Å². The fourth-order valence-electron chi connectivity index (χ4n) is 5.03. The molecular formula is C34H22Cl2N2O5. The molecular weight excluding hydrogens is 587 g/mol. The first-order valence-electron chi connectivity index (χ1n) is 13.4. The number of hydrogen-bond donors (Lipinski definition) is 0. The number of ketones is 1. The van der Waals surface area contributed by atoms with Crippen LogP contribution in [0.4, 0.5) is 5.69 Å². The second-order valence-electron chi connectivity index (χ2n) is 9.85. The van der Waals surface area contributed by atoms with Gasteiger partial charge in [-0.1, -0.05) is 54.1 Å². The average molecular weight is 609 g/mol. The lowest BCUT2D eigenvalue weighted by Gasteiger charge is -2.17. The van der Waals surface area contributed by atoms with Gasteiger partial charge in [0.05, 0.1) is 33.6 Å². The fraction of sp³-hybridized carbons (Fsp3) is 0.0882. The van der Waals surface area contributed by atoms with E-state index in [4.69, 9.17) is 32.9 Å². The summed E-state index contributed by atoms with van der Waals surface area (Å²) < 4.78 is 5.75. The maximum atomic E-state index is 13.6. The highest BCUT2D eigenvalue weighted by atomic mass is 35.5. The van der Waals surface area contributed by atoms with Gasteiger partial charge in [0.15, 0.2) is 6.10 Å². The number of carbonyl (C=O) groups excluding carboxylic acids is 4. The van der Waals surface area contributed by atoms with E-state index in [0.29, 0.717) is 49.6 Å². The molecule has 212 valence electrons. The van der Waals surface area contributed by atoms with Crippen LogP contribution in [-0.4, -0.2) is 40.5 Å².